The lowest BCUT2D eigenvalue weighted by Crippen LogP contribution is -2.06. The fourth-order valence-electron chi connectivity index (χ4n) is 1.77. The quantitative estimate of drug-likeness (QED) is 0.602. The Labute approximate surface area is 106 Å². The monoisotopic (exact) mass is 267 g/mol. The van der Waals surface area contributed by atoms with Crippen LogP contribution in [0, 0.1) is 10.1 Å². The lowest BCUT2D eigenvalue weighted by molar-refractivity contribution is -0.384. The smallest absolute Gasteiger partial charge is 0.258 e. The summed E-state index contributed by atoms with van der Waals surface area (Å²) in [6, 6.07) is 10.1. The van der Waals surface area contributed by atoms with Gasteiger partial charge in [0.05, 0.1) is 10.5 Å². The highest BCUT2D eigenvalue weighted by Crippen LogP contribution is 2.37. The first-order valence-corrected chi connectivity index (χ1v) is 5.30. The second-order valence-electron chi connectivity index (χ2n) is 3.85. The fraction of sp³-hybridized carbons (Fsp3) is 0.0769. The number of nitrogens with zero attached hydrogens (tertiary/aromatic N) is 1. The van der Waals surface area contributed by atoms with Gasteiger partial charge in [0, 0.05) is 12.1 Å². The molecule has 0 saturated carbocycles. The molecule has 0 unspecified atom stereocenters. The molecule has 3 nitrogen and oxygen atoms in total. The highest BCUT2D eigenvalue weighted by Gasteiger charge is 2.33. The van der Waals surface area contributed by atoms with Gasteiger partial charge >= 0.3 is 6.18 Å². The third-order valence-corrected chi connectivity index (χ3v) is 2.60. The largest absolute Gasteiger partial charge is 0.417 e. The molecule has 0 aliphatic rings. The van der Waals surface area contributed by atoms with Crippen LogP contribution in [-0.2, 0) is 6.18 Å². The molecule has 0 fully saturated rings. The molecule has 0 aromatic heterocycles. The molecule has 0 amide bonds. The van der Waals surface area contributed by atoms with E-state index in [0.29, 0.717) is 0 Å². The maximum atomic E-state index is 12.9. The zero-order valence-corrected chi connectivity index (χ0v) is 9.52. The molecule has 2 rings (SSSR count). The summed E-state index contributed by atoms with van der Waals surface area (Å²) >= 11 is 0. The van der Waals surface area contributed by atoms with Crippen molar-refractivity contribution in [1.29, 1.82) is 0 Å². The summed E-state index contributed by atoms with van der Waals surface area (Å²) in [5, 5.41) is 10.6. The first kappa shape index (κ1) is 13.1. The predicted octanol–water partition coefficient (Wildman–Crippen LogP) is 4.28. The van der Waals surface area contributed by atoms with E-state index in [9.17, 15) is 23.3 Å². The van der Waals surface area contributed by atoms with Crippen LogP contribution >= 0.6 is 0 Å². The summed E-state index contributed by atoms with van der Waals surface area (Å²) in [5.74, 6) is 0. The highest BCUT2D eigenvalue weighted by molar-refractivity contribution is 5.70. The minimum absolute atomic E-state index is 0.0706. The standard InChI is InChI=1S/C13H8F3NO2/c14-13(15,16)12-7-2-1-6-11(12)9-4-3-5-10(8-9)17(18)19/h1-8H. The van der Waals surface area contributed by atoms with Crippen LogP contribution in [0.5, 0.6) is 0 Å². The highest BCUT2D eigenvalue weighted by atomic mass is 19.4. The van der Waals surface area contributed by atoms with Crippen LogP contribution in [0.1, 0.15) is 5.56 Å². The van der Waals surface area contributed by atoms with Crippen LogP contribution in [0.3, 0.4) is 0 Å². The Morgan fingerprint density at radius 1 is 1.00 bits per heavy atom. The third kappa shape index (κ3) is 2.73. The fourth-order valence-corrected chi connectivity index (χ4v) is 1.77. The Bertz CT molecular complexity index is 623. The molecule has 6 heteroatoms. The van der Waals surface area contributed by atoms with Crippen LogP contribution in [0.2, 0.25) is 0 Å². The molecule has 2 aromatic carbocycles. The summed E-state index contributed by atoms with van der Waals surface area (Å²) in [7, 11) is 0. The molecule has 0 N–H and O–H groups in total. The summed E-state index contributed by atoms with van der Waals surface area (Å²) in [6.45, 7) is 0. The minimum Gasteiger partial charge on any atom is -0.258 e. The number of hydrogen-bond donors (Lipinski definition) is 0. The molecule has 0 aliphatic carbocycles. The molecular weight excluding hydrogens is 259 g/mol. The van der Waals surface area contributed by atoms with E-state index in [1.807, 2.05) is 0 Å². The van der Waals surface area contributed by atoms with Crippen molar-refractivity contribution in [1.82, 2.24) is 0 Å². The first-order valence-electron chi connectivity index (χ1n) is 5.30. The van der Waals surface area contributed by atoms with Crippen molar-refractivity contribution in [2.45, 2.75) is 6.18 Å². The van der Waals surface area contributed by atoms with E-state index >= 15 is 0 Å². The Morgan fingerprint density at radius 2 is 1.68 bits per heavy atom. The van der Waals surface area contributed by atoms with Crippen LogP contribution in [-0.4, -0.2) is 4.92 Å². The van der Waals surface area contributed by atoms with Gasteiger partial charge in [0.1, 0.15) is 0 Å². The number of halogens is 3. The van der Waals surface area contributed by atoms with Gasteiger partial charge in [0.15, 0.2) is 0 Å². The van der Waals surface area contributed by atoms with Crippen LogP contribution < -0.4 is 0 Å². The van der Waals surface area contributed by atoms with Crippen LogP contribution in [0.25, 0.3) is 11.1 Å². The van der Waals surface area contributed by atoms with Gasteiger partial charge in [-0.15, -0.1) is 0 Å². The molecule has 0 aliphatic heterocycles. The maximum Gasteiger partial charge on any atom is 0.417 e. The molecule has 0 spiro atoms. The van der Waals surface area contributed by atoms with Crippen LogP contribution in [0.15, 0.2) is 48.5 Å². The van der Waals surface area contributed by atoms with Crippen molar-refractivity contribution >= 4 is 5.69 Å². The van der Waals surface area contributed by atoms with Gasteiger partial charge in [-0.3, -0.25) is 10.1 Å². The molecular formula is C13H8F3NO2. The molecule has 0 radical (unpaired) electrons. The second kappa shape index (κ2) is 4.72. The summed E-state index contributed by atoms with van der Waals surface area (Å²) in [5.41, 5.74) is -0.953. The van der Waals surface area contributed by atoms with Crippen molar-refractivity contribution in [2.24, 2.45) is 0 Å². The van der Waals surface area contributed by atoms with Crippen LogP contribution in [0.4, 0.5) is 18.9 Å². The molecule has 19 heavy (non-hydrogen) atoms. The second-order valence-corrected chi connectivity index (χ2v) is 3.85. The number of alkyl halides is 3. The maximum absolute atomic E-state index is 12.9. The Hall–Kier alpha value is -2.37. The van der Waals surface area contributed by atoms with E-state index in [4.69, 9.17) is 0 Å². The molecule has 0 saturated heterocycles. The Kier molecular flexibility index (Phi) is 3.25. The first-order chi connectivity index (χ1) is 8.89. The number of benzene rings is 2. The van der Waals surface area contributed by atoms with E-state index in [-0.39, 0.29) is 16.8 Å². The molecule has 0 heterocycles. The molecule has 2 aromatic rings. The van der Waals surface area contributed by atoms with Crippen molar-refractivity contribution in [3.8, 4) is 11.1 Å². The number of nitro benzene ring substituents is 1. The van der Waals surface area contributed by atoms with Gasteiger partial charge in [0.2, 0.25) is 0 Å². The van der Waals surface area contributed by atoms with Gasteiger partial charge in [-0.2, -0.15) is 13.2 Å². The van der Waals surface area contributed by atoms with Gasteiger partial charge in [-0.25, -0.2) is 0 Å². The lowest BCUT2D eigenvalue weighted by Gasteiger charge is -2.12. The summed E-state index contributed by atoms with van der Waals surface area (Å²) < 4.78 is 38.6. The average Bonchev–Trinajstić information content (AvgIpc) is 2.38. The number of rotatable bonds is 2. The average molecular weight is 267 g/mol. The number of nitro groups is 1. The van der Waals surface area contributed by atoms with E-state index in [1.54, 1.807) is 0 Å². The summed E-state index contributed by atoms with van der Waals surface area (Å²) in [6.07, 6.45) is -4.50. The van der Waals surface area contributed by atoms with Gasteiger partial charge < -0.3 is 0 Å². The number of hydrogen-bond acceptors (Lipinski definition) is 2. The lowest BCUT2D eigenvalue weighted by atomic mass is 9.99. The van der Waals surface area contributed by atoms with E-state index in [0.717, 1.165) is 12.1 Å². The molecule has 98 valence electrons. The van der Waals surface area contributed by atoms with Crippen molar-refractivity contribution in [3.05, 3.63) is 64.2 Å². The van der Waals surface area contributed by atoms with Gasteiger partial charge in [-0.1, -0.05) is 30.3 Å². The Morgan fingerprint density at radius 3 is 2.32 bits per heavy atom. The van der Waals surface area contributed by atoms with Gasteiger partial charge in [-0.05, 0) is 17.2 Å². The molecule has 0 atom stereocenters. The number of non-ortho nitro benzene ring substituents is 1. The van der Waals surface area contributed by atoms with E-state index in [1.165, 1.54) is 36.4 Å². The zero-order valence-electron chi connectivity index (χ0n) is 9.52. The minimum atomic E-state index is -4.50. The van der Waals surface area contributed by atoms with Gasteiger partial charge in [0.25, 0.3) is 5.69 Å². The third-order valence-electron chi connectivity index (χ3n) is 2.60. The van der Waals surface area contributed by atoms with E-state index in [2.05, 4.69) is 0 Å². The Balaban J connectivity index is 2.60. The zero-order chi connectivity index (χ0) is 14.0. The molecule has 0 bridgehead atoms. The normalized spacial score (nSPS) is 11.3. The van der Waals surface area contributed by atoms with Crippen molar-refractivity contribution < 1.29 is 18.1 Å². The SMILES string of the molecule is O=[N+]([O-])c1cccc(-c2ccccc2C(F)(F)F)c1. The topological polar surface area (TPSA) is 43.1 Å². The van der Waals surface area contributed by atoms with Crippen molar-refractivity contribution in [3.63, 3.8) is 0 Å². The predicted molar refractivity (Wildman–Crippen MR) is 63.5 cm³/mol. The van der Waals surface area contributed by atoms with Crippen molar-refractivity contribution in [2.75, 3.05) is 0 Å². The summed E-state index contributed by atoms with van der Waals surface area (Å²) in [4.78, 5) is 10.0. The van der Waals surface area contributed by atoms with E-state index < -0.39 is 16.7 Å².